The summed E-state index contributed by atoms with van der Waals surface area (Å²) in [6.45, 7) is 1.75. The minimum absolute atomic E-state index is 0.137. The van der Waals surface area contributed by atoms with Gasteiger partial charge in [-0.1, -0.05) is 17.7 Å². The Hall–Kier alpha value is -2.40. The summed E-state index contributed by atoms with van der Waals surface area (Å²) in [5.74, 6) is 1.38. The van der Waals surface area contributed by atoms with Gasteiger partial charge < -0.3 is 19.5 Å². The average Bonchev–Trinajstić information content (AvgIpc) is 2.56. The van der Waals surface area contributed by atoms with Crippen molar-refractivity contribution in [1.29, 1.82) is 0 Å². The summed E-state index contributed by atoms with van der Waals surface area (Å²) in [5, 5.41) is 3.33. The van der Waals surface area contributed by atoms with Gasteiger partial charge in [0.1, 0.15) is 17.2 Å². The maximum Gasteiger partial charge on any atom is 0.262 e. The minimum Gasteiger partial charge on any atom is -0.496 e. The Bertz CT molecular complexity index is 681. The Labute approximate surface area is 140 Å². The molecule has 1 N–H and O–H groups in total. The molecule has 1 amide bonds. The summed E-state index contributed by atoms with van der Waals surface area (Å²) in [4.78, 5) is 12.0. The van der Waals surface area contributed by atoms with Crippen LogP contribution in [0.5, 0.6) is 17.2 Å². The van der Waals surface area contributed by atoms with Gasteiger partial charge in [-0.25, -0.2) is 0 Å². The van der Waals surface area contributed by atoms with Gasteiger partial charge in [0.2, 0.25) is 0 Å². The number of carbonyl (C=O) groups is 1. The molecule has 0 bridgehead atoms. The second-order valence-corrected chi connectivity index (χ2v) is 5.28. The van der Waals surface area contributed by atoms with Gasteiger partial charge in [-0.3, -0.25) is 4.79 Å². The molecule has 0 saturated carbocycles. The Kier molecular flexibility index (Phi) is 5.71. The normalized spacial score (nSPS) is 10.1. The van der Waals surface area contributed by atoms with Crippen LogP contribution in [-0.4, -0.2) is 26.7 Å². The summed E-state index contributed by atoms with van der Waals surface area (Å²) in [6, 6.07) is 10.4. The number of carbonyl (C=O) groups excluding carboxylic acids is 1. The molecule has 0 saturated heterocycles. The Morgan fingerprint density at radius 3 is 2.26 bits per heavy atom. The summed E-state index contributed by atoms with van der Waals surface area (Å²) in [5.41, 5.74) is 1.58. The summed E-state index contributed by atoms with van der Waals surface area (Å²) in [6.07, 6.45) is 0. The lowest BCUT2D eigenvalue weighted by Crippen LogP contribution is -2.20. The third-order valence-electron chi connectivity index (χ3n) is 3.17. The van der Waals surface area contributed by atoms with Crippen molar-refractivity contribution >= 4 is 23.2 Å². The van der Waals surface area contributed by atoms with Gasteiger partial charge in [0.05, 0.1) is 14.2 Å². The van der Waals surface area contributed by atoms with Gasteiger partial charge in [0, 0.05) is 28.9 Å². The number of rotatable bonds is 6. The zero-order valence-corrected chi connectivity index (χ0v) is 13.9. The van der Waals surface area contributed by atoms with E-state index in [1.165, 1.54) is 0 Å². The van der Waals surface area contributed by atoms with Gasteiger partial charge in [0.25, 0.3) is 5.91 Å². The highest BCUT2D eigenvalue weighted by atomic mass is 35.5. The Morgan fingerprint density at radius 2 is 1.65 bits per heavy atom. The average molecular weight is 336 g/mol. The molecule has 23 heavy (non-hydrogen) atoms. The van der Waals surface area contributed by atoms with Crippen molar-refractivity contribution in [2.24, 2.45) is 0 Å². The van der Waals surface area contributed by atoms with E-state index in [0.29, 0.717) is 28.0 Å². The second-order valence-electron chi connectivity index (χ2n) is 4.84. The molecule has 0 aliphatic carbocycles. The monoisotopic (exact) mass is 335 g/mol. The van der Waals surface area contributed by atoms with E-state index >= 15 is 0 Å². The topological polar surface area (TPSA) is 56.8 Å². The molecule has 0 aliphatic rings. The van der Waals surface area contributed by atoms with Crippen molar-refractivity contribution in [3.05, 3.63) is 47.0 Å². The number of halogens is 1. The van der Waals surface area contributed by atoms with Crippen LogP contribution in [0.25, 0.3) is 0 Å². The smallest absolute Gasteiger partial charge is 0.262 e. The number of benzene rings is 2. The Balaban J connectivity index is 2.00. The lowest BCUT2D eigenvalue weighted by Gasteiger charge is -2.11. The molecule has 0 fully saturated rings. The van der Waals surface area contributed by atoms with Crippen molar-refractivity contribution in [1.82, 2.24) is 0 Å². The quantitative estimate of drug-likeness (QED) is 0.874. The molecule has 0 heterocycles. The van der Waals surface area contributed by atoms with Crippen LogP contribution < -0.4 is 19.5 Å². The van der Waals surface area contributed by atoms with E-state index < -0.39 is 0 Å². The third-order valence-corrected chi connectivity index (χ3v) is 3.40. The molecule has 2 aromatic carbocycles. The largest absolute Gasteiger partial charge is 0.496 e. The van der Waals surface area contributed by atoms with Crippen LogP contribution in [0.15, 0.2) is 36.4 Å². The highest BCUT2D eigenvalue weighted by molar-refractivity contribution is 6.31. The van der Waals surface area contributed by atoms with Crippen molar-refractivity contribution in [2.45, 2.75) is 6.92 Å². The number of methoxy groups -OCH3 is 2. The first kappa shape index (κ1) is 17.0. The molecule has 6 heteroatoms. The molecular formula is C17H18ClNO4. The highest BCUT2D eigenvalue weighted by Gasteiger charge is 2.08. The molecule has 5 nitrogen and oxygen atoms in total. The van der Waals surface area contributed by atoms with E-state index in [2.05, 4.69) is 5.32 Å². The molecule has 0 atom stereocenters. The van der Waals surface area contributed by atoms with Gasteiger partial charge in [-0.05, 0) is 24.6 Å². The number of aryl methyl sites for hydroxylation is 1. The van der Waals surface area contributed by atoms with Crippen molar-refractivity contribution in [3.63, 3.8) is 0 Å². The minimum atomic E-state index is -0.280. The third kappa shape index (κ3) is 4.79. The molecule has 0 aromatic heterocycles. The predicted octanol–water partition coefficient (Wildman–Crippen LogP) is 3.68. The zero-order chi connectivity index (χ0) is 16.8. The van der Waals surface area contributed by atoms with Crippen LogP contribution in [-0.2, 0) is 4.79 Å². The summed E-state index contributed by atoms with van der Waals surface area (Å²) >= 11 is 5.93. The second kappa shape index (κ2) is 7.74. The van der Waals surface area contributed by atoms with E-state index in [1.807, 2.05) is 13.0 Å². The maximum atomic E-state index is 12.0. The van der Waals surface area contributed by atoms with Gasteiger partial charge in [-0.15, -0.1) is 0 Å². The SMILES string of the molecule is COc1cc(OC)cc(OCC(=O)Nc2cc(Cl)ccc2C)c1. The molecule has 0 aliphatic heterocycles. The van der Waals surface area contributed by atoms with Gasteiger partial charge in [0.15, 0.2) is 6.61 Å². The van der Waals surface area contributed by atoms with Gasteiger partial charge in [-0.2, -0.15) is 0 Å². The van der Waals surface area contributed by atoms with E-state index in [9.17, 15) is 4.79 Å². The van der Waals surface area contributed by atoms with Crippen LogP contribution in [0.2, 0.25) is 5.02 Å². The van der Waals surface area contributed by atoms with Crippen LogP contribution >= 0.6 is 11.6 Å². The number of amides is 1. The van der Waals surface area contributed by atoms with Gasteiger partial charge >= 0.3 is 0 Å². The van der Waals surface area contributed by atoms with Crippen molar-refractivity contribution < 1.29 is 19.0 Å². The summed E-state index contributed by atoms with van der Waals surface area (Å²) in [7, 11) is 3.10. The van der Waals surface area contributed by atoms with E-state index in [4.69, 9.17) is 25.8 Å². The van der Waals surface area contributed by atoms with E-state index in [0.717, 1.165) is 5.56 Å². The molecule has 0 unspecified atom stereocenters. The molecule has 0 radical (unpaired) electrons. The first-order chi connectivity index (χ1) is 11.0. The fourth-order valence-corrected chi connectivity index (χ4v) is 2.10. The zero-order valence-electron chi connectivity index (χ0n) is 13.2. The number of anilines is 1. The first-order valence-corrected chi connectivity index (χ1v) is 7.31. The predicted molar refractivity (Wildman–Crippen MR) is 89.9 cm³/mol. The van der Waals surface area contributed by atoms with Crippen molar-refractivity contribution in [3.8, 4) is 17.2 Å². The number of ether oxygens (including phenoxy) is 3. The highest BCUT2D eigenvalue weighted by Crippen LogP contribution is 2.27. The first-order valence-electron chi connectivity index (χ1n) is 6.93. The fraction of sp³-hybridized carbons (Fsp3) is 0.235. The van der Waals surface area contributed by atoms with Crippen LogP contribution in [0.3, 0.4) is 0 Å². The molecule has 2 aromatic rings. The number of hydrogen-bond donors (Lipinski definition) is 1. The maximum absolute atomic E-state index is 12.0. The fourth-order valence-electron chi connectivity index (χ4n) is 1.93. The van der Waals surface area contributed by atoms with Crippen molar-refractivity contribution in [2.75, 3.05) is 26.1 Å². The Morgan fingerprint density at radius 1 is 1.04 bits per heavy atom. The molecule has 2 rings (SSSR count). The van der Waals surface area contributed by atoms with Crippen LogP contribution in [0, 0.1) is 6.92 Å². The van der Waals surface area contributed by atoms with E-state index in [1.54, 1.807) is 44.6 Å². The van der Waals surface area contributed by atoms with Crippen LogP contribution in [0.4, 0.5) is 5.69 Å². The van der Waals surface area contributed by atoms with E-state index in [-0.39, 0.29) is 12.5 Å². The molecule has 0 spiro atoms. The molecule has 122 valence electrons. The number of nitrogens with one attached hydrogen (secondary N) is 1. The number of hydrogen-bond acceptors (Lipinski definition) is 4. The lowest BCUT2D eigenvalue weighted by atomic mass is 10.2. The van der Waals surface area contributed by atoms with Crippen LogP contribution in [0.1, 0.15) is 5.56 Å². The summed E-state index contributed by atoms with van der Waals surface area (Å²) < 4.78 is 15.8. The standard InChI is InChI=1S/C17H18ClNO4/c1-11-4-5-12(18)6-16(11)19-17(20)10-23-15-8-13(21-2)7-14(9-15)22-3/h4-9H,10H2,1-3H3,(H,19,20). The molecular weight excluding hydrogens is 318 g/mol. The lowest BCUT2D eigenvalue weighted by molar-refractivity contribution is -0.118.